The fourth-order valence-corrected chi connectivity index (χ4v) is 2.85. The summed E-state index contributed by atoms with van der Waals surface area (Å²) in [5.41, 5.74) is 0.431. The van der Waals surface area contributed by atoms with Gasteiger partial charge >= 0.3 is 6.03 Å². The zero-order valence-corrected chi connectivity index (χ0v) is 13.3. The van der Waals surface area contributed by atoms with Gasteiger partial charge in [0.05, 0.1) is 17.2 Å². The van der Waals surface area contributed by atoms with E-state index in [9.17, 15) is 4.79 Å². The number of hydrogen-bond acceptors (Lipinski definition) is 3. The molecule has 1 aromatic rings. The predicted molar refractivity (Wildman–Crippen MR) is 82.1 cm³/mol. The Morgan fingerprint density at radius 1 is 1.38 bits per heavy atom. The molecule has 2 amide bonds. The molecular weight excluding hydrogens is 266 g/mol. The highest BCUT2D eigenvalue weighted by molar-refractivity contribution is 5.74. The van der Waals surface area contributed by atoms with Crippen molar-refractivity contribution in [2.45, 2.75) is 57.8 Å². The number of rotatable bonds is 4. The number of nitrogens with zero attached hydrogens (tertiary/aromatic N) is 1. The molecule has 1 aliphatic rings. The van der Waals surface area contributed by atoms with Gasteiger partial charge in [0.25, 0.3) is 0 Å². The SMILES string of the molecule is CC1(C)C[C@@H](NC(=O)NCCc2ccccn2)C(C)(C)O1. The van der Waals surface area contributed by atoms with Crippen LogP contribution in [-0.4, -0.2) is 34.8 Å². The number of aromatic nitrogens is 1. The van der Waals surface area contributed by atoms with Crippen molar-refractivity contribution in [2.24, 2.45) is 0 Å². The molecule has 1 aliphatic heterocycles. The number of carbonyl (C=O) groups is 1. The van der Waals surface area contributed by atoms with Crippen LogP contribution in [0.3, 0.4) is 0 Å². The molecule has 2 rings (SSSR count). The Morgan fingerprint density at radius 3 is 2.71 bits per heavy atom. The van der Waals surface area contributed by atoms with E-state index in [1.807, 2.05) is 32.0 Å². The molecule has 0 saturated carbocycles. The smallest absolute Gasteiger partial charge is 0.315 e. The highest BCUT2D eigenvalue weighted by Crippen LogP contribution is 2.37. The minimum absolute atomic E-state index is 0.0161. The van der Waals surface area contributed by atoms with Gasteiger partial charge in [0.2, 0.25) is 0 Å². The van der Waals surface area contributed by atoms with Crippen LogP contribution in [0.1, 0.15) is 39.8 Å². The molecule has 5 heteroatoms. The Morgan fingerprint density at radius 2 is 2.14 bits per heavy atom. The first-order chi connectivity index (χ1) is 9.78. The third-order valence-electron chi connectivity index (χ3n) is 3.77. The van der Waals surface area contributed by atoms with E-state index in [1.54, 1.807) is 6.20 Å². The van der Waals surface area contributed by atoms with Crippen molar-refractivity contribution in [1.29, 1.82) is 0 Å². The monoisotopic (exact) mass is 291 g/mol. The third kappa shape index (κ3) is 4.43. The lowest BCUT2D eigenvalue weighted by molar-refractivity contribution is -0.0690. The highest BCUT2D eigenvalue weighted by atomic mass is 16.5. The summed E-state index contributed by atoms with van der Waals surface area (Å²) in [4.78, 5) is 16.2. The molecule has 116 valence electrons. The molecule has 0 bridgehead atoms. The normalized spacial score (nSPS) is 22.8. The maximum absolute atomic E-state index is 12.0. The molecule has 2 heterocycles. The Balaban J connectivity index is 1.77. The molecule has 2 N–H and O–H groups in total. The molecule has 0 aromatic carbocycles. The summed E-state index contributed by atoms with van der Waals surface area (Å²) in [7, 11) is 0. The van der Waals surface area contributed by atoms with Gasteiger partial charge in [-0.15, -0.1) is 0 Å². The molecule has 0 spiro atoms. The maximum Gasteiger partial charge on any atom is 0.315 e. The van der Waals surface area contributed by atoms with Gasteiger partial charge in [0.1, 0.15) is 0 Å². The second-order valence-electron chi connectivity index (χ2n) is 6.69. The van der Waals surface area contributed by atoms with Crippen LogP contribution in [-0.2, 0) is 11.2 Å². The first-order valence-corrected chi connectivity index (χ1v) is 7.43. The van der Waals surface area contributed by atoms with Crippen LogP contribution in [0.5, 0.6) is 0 Å². The van der Waals surface area contributed by atoms with Crippen LogP contribution in [0.4, 0.5) is 4.79 Å². The molecule has 5 nitrogen and oxygen atoms in total. The van der Waals surface area contributed by atoms with Crippen LogP contribution in [0.25, 0.3) is 0 Å². The summed E-state index contributed by atoms with van der Waals surface area (Å²) in [5, 5.41) is 5.89. The Hall–Kier alpha value is -1.62. The van der Waals surface area contributed by atoms with E-state index in [-0.39, 0.29) is 23.3 Å². The highest BCUT2D eigenvalue weighted by Gasteiger charge is 2.46. The average Bonchev–Trinajstić information content (AvgIpc) is 2.58. The molecule has 1 aromatic heterocycles. The lowest BCUT2D eigenvalue weighted by atomic mass is 9.95. The second kappa shape index (κ2) is 6.02. The molecular formula is C16H25N3O2. The van der Waals surface area contributed by atoms with Crippen LogP contribution < -0.4 is 10.6 Å². The zero-order valence-electron chi connectivity index (χ0n) is 13.3. The first-order valence-electron chi connectivity index (χ1n) is 7.43. The second-order valence-corrected chi connectivity index (χ2v) is 6.69. The van der Waals surface area contributed by atoms with Crippen molar-refractivity contribution in [3.8, 4) is 0 Å². The molecule has 21 heavy (non-hydrogen) atoms. The standard InChI is InChI=1S/C16H25N3O2/c1-15(2)11-13(16(3,4)21-15)19-14(20)18-10-8-12-7-5-6-9-17-12/h5-7,9,13H,8,10-11H2,1-4H3,(H2,18,19,20)/t13-/m1/s1. The summed E-state index contributed by atoms with van der Waals surface area (Å²) in [6.07, 6.45) is 3.30. The first kappa shape index (κ1) is 15.8. The van der Waals surface area contributed by atoms with Crippen molar-refractivity contribution in [3.63, 3.8) is 0 Å². The predicted octanol–water partition coefficient (Wildman–Crippen LogP) is 2.27. The van der Waals surface area contributed by atoms with Crippen molar-refractivity contribution < 1.29 is 9.53 Å². The summed E-state index contributed by atoms with van der Waals surface area (Å²) in [6, 6.07) is 5.65. The molecule has 0 aliphatic carbocycles. The average molecular weight is 291 g/mol. The molecule has 0 unspecified atom stereocenters. The van der Waals surface area contributed by atoms with Gasteiger partial charge in [-0.1, -0.05) is 6.07 Å². The molecule has 1 atom stereocenters. The number of hydrogen-bond donors (Lipinski definition) is 2. The van der Waals surface area contributed by atoms with Gasteiger partial charge in [-0.3, -0.25) is 4.98 Å². The third-order valence-corrected chi connectivity index (χ3v) is 3.77. The van der Waals surface area contributed by atoms with E-state index in [0.29, 0.717) is 6.54 Å². The fourth-order valence-electron chi connectivity index (χ4n) is 2.85. The van der Waals surface area contributed by atoms with E-state index in [0.717, 1.165) is 18.5 Å². The maximum atomic E-state index is 12.0. The number of amides is 2. The van der Waals surface area contributed by atoms with Gasteiger partial charge in [-0.25, -0.2) is 4.79 Å². The topological polar surface area (TPSA) is 63.2 Å². The number of nitrogens with one attached hydrogen (secondary N) is 2. The van der Waals surface area contributed by atoms with Crippen LogP contribution in [0, 0.1) is 0 Å². The summed E-state index contributed by atoms with van der Waals surface area (Å²) >= 11 is 0. The van der Waals surface area contributed by atoms with Crippen molar-refractivity contribution in [3.05, 3.63) is 30.1 Å². The largest absolute Gasteiger partial charge is 0.367 e. The van der Waals surface area contributed by atoms with Gasteiger partial charge in [0, 0.05) is 24.9 Å². The number of pyridine rings is 1. The van der Waals surface area contributed by atoms with Crippen LogP contribution in [0.15, 0.2) is 24.4 Å². The van der Waals surface area contributed by atoms with Crippen molar-refractivity contribution >= 4 is 6.03 Å². The minimum atomic E-state index is -0.345. The lowest BCUT2D eigenvalue weighted by Crippen LogP contribution is -2.50. The summed E-state index contributed by atoms with van der Waals surface area (Å²) < 4.78 is 5.97. The minimum Gasteiger partial charge on any atom is -0.367 e. The van der Waals surface area contributed by atoms with Gasteiger partial charge in [0.15, 0.2) is 0 Å². The number of urea groups is 1. The lowest BCUT2D eigenvalue weighted by Gasteiger charge is -2.27. The molecule has 1 saturated heterocycles. The Kier molecular flexibility index (Phi) is 4.52. The quantitative estimate of drug-likeness (QED) is 0.894. The van der Waals surface area contributed by atoms with E-state index in [1.165, 1.54) is 0 Å². The summed E-state index contributed by atoms with van der Waals surface area (Å²) in [5.74, 6) is 0. The molecule has 0 radical (unpaired) electrons. The van der Waals surface area contributed by atoms with Crippen LogP contribution in [0.2, 0.25) is 0 Å². The summed E-state index contributed by atoms with van der Waals surface area (Å²) in [6.45, 7) is 8.70. The van der Waals surface area contributed by atoms with E-state index < -0.39 is 0 Å². The zero-order chi connectivity index (χ0) is 15.5. The van der Waals surface area contributed by atoms with E-state index in [2.05, 4.69) is 29.5 Å². The number of ether oxygens (including phenoxy) is 1. The van der Waals surface area contributed by atoms with Crippen molar-refractivity contribution in [1.82, 2.24) is 15.6 Å². The van der Waals surface area contributed by atoms with Crippen LogP contribution >= 0.6 is 0 Å². The Bertz CT molecular complexity index is 486. The fraction of sp³-hybridized carbons (Fsp3) is 0.625. The van der Waals surface area contributed by atoms with Gasteiger partial charge < -0.3 is 15.4 Å². The van der Waals surface area contributed by atoms with E-state index in [4.69, 9.17) is 4.74 Å². The van der Waals surface area contributed by atoms with E-state index >= 15 is 0 Å². The van der Waals surface area contributed by atoms with Gasteiger partial charge in [-0.2, -0.15) is 0 Å². The Labute approximate surface area is 126 Å². The van der Waals surface area contributed by atoms with Crippen molar-refractivity contribution in [2.75, 3.05) is 6.54 Å². The molecule has 1 fully saturated rings. The number of carbonyl (C=O) groups excluding carboxylic acids is 1. The van der Waals surface area contributed by atoms with Gasteiger partial charge in [-0.05, 0) is 46.2 Å².